The van der Waals surface area contributed by atoms with E-state index < -0.39 is 6.10 Å². The second kappa shape index (κ2) is 8.63. The van der Waals surface area contributed by atoms with Crippen LogP contribution in [0.3, 0.4) is 0 Å². The summed E-state index contributed by atoms with van der Waals surface area (Å²) in [5, 5.41) is 16.2. The number of anilines is 2. The fourth-order valence-electron chi connectivity index (χ4n) is 3.66. The van der Waals surface area contributed by atoms with Gasteiger partial charge in [0.1, 0.15) is 11.9 Å². The minimum atomic E-state index is -0.391. The molecule has 0 bridgehead atoms. The van der Waals surface area contributed by atoms with Gasteiger partial charge in [-0.25, -0.2) is 0 Å². The Morgan fingerprint density at radius 3 is 2.67 bits per heavy atom. The lowest BCUT2D eigenvalue weighted by Gasteiger charge is -2.28. The first kappa shape index (κ1) is 19.5. The van der Waals surface area contributed by atoms with E-state index in [1.807, 2.05) is 42.5 Å². The van der Waals surface area contributed by atoms with Crippen molar-refractivity contribution in [3.05, 3.63) is 53.6 Å². The second-order valence-corrected chi connectivity index (χ2v) is 7.04. The van der Waals surface area contributed by atoms with E-state index in [0.29, 0.717) is 5.56 Å². The summed E-state index contributed by atoms with van der Waals surface area (Å²) in [6, 6.07) is 13.1. The van der Waals surface area contributed by atoms with Crippen molar-refractivity contribution in [3.63, 3.8) is 0 Å². The zero-order chi connectivity index (χ0) is 17.9. The normalized spacial score (nSPS) is 20.8. The highest BCUT2D eigenvalue weighted by Gasteiger charge is 2.24. The molecule has 5 nitrogen and oxygen atoms in total. The first-order valence-corrected chi connectivity index (χ1v) is 9.32. The lowest BCUT2D eigenvalue weighted by Crippen LogP contribution is -2.34. The van der Waals surface area contributed by atoms with Gasteiger partial charge in [-0.3, -0.25) is 4.79 Å². The van der Waals surface area contributed by atoms with E-state index in [1.54, 1.807) is 0 Å². The number of rotatable bonds is 4. The van der Waals surface area contributed by atoms with Gasteiger partial charge in [0.15, 0.2) is 0 Å². The Morgan fingerprint density at radius 1 is 1.11 bits per heavy atom. The third-order valence-electron chi connectivity index (χ3n) is 5.14. The first-order chi connectivity index (χ1) is 12.7. The molecule has 4 rings (SSSR count). The van der Waals surface area contributed by atoms with Gasteiger partial charge in [-0.15, -0.1) is 12.4 Å². The Morgan fingerprint density at radius 2 is 1.89 bits per heavy atom. The van der Waals surface area contributed by atoms with Crippen molar-refractivity contribution in [3.8, 4) is 5.75 Å². The smallest absolute Gasteiger partial charge is 0.255 e. The predicted octanol–water partition coefficient (Wildman–Crippen LogP) is 4.01. The third-order valence-corrected chi connectivity index (χ3v) is 5.14. The molecular formula is C21H25ClN2O3. The van der Waals surface area contributed by atoms with Crippen molar-refractivity contribution < 1.29 is 14.6 Å². The van der Waals surface area contributed by atoms with Crippen LogP contribution in [-0.4, -0.2) is 29.8 Å². The molecule has 0 saturated heterocycles. The van der Waals surface area contributed by atoms with Crippen LogP contribution in [-0.2, 0) is 6.42 Å². The molecule has 1 heterocycles. The molecular weight excluding hydrogens is 364 g/mol. The molecule has 27 heavy (non-hydrogen) atoms. The zero-order valence-electron chi connectivity index (χ0n) is 15.1. The maximum absolute atomic E-state index is 12.5. The zero-order valence-corrected chi connectivity index (χ0v) is 15.9. The quantitative estimate of drug-likeness (QED) is 0.740. The third kappa shape index (κ3) is 4.54. The maximum Gasteiger partial charge on any atom is 0.255 e. The van der Waals surface area contributed by atoms with E-state index in [4.69, 9.17) is 4.74 Å². The van der Waals surface area contributed by atoms with Crippen molar-refractivity contribution in [2.75, 3.05) is 17.2 Å². The van der Waals surface area contributed by atoms with Crippen LogP contribution in [0.25, 0.3) is 0 Å². The van der Waals surface area contributed by atoms with Crippen molar-refractivity contribution in [1.29, 1.82) is 0 Å². The average molecular weight is 389 g/mol. The van der Waals surface area contributed by atoms with Crippen LogP contribution in [0.4, 0.5) is 11.4 Å². The number of benzene rings is 2. The van der Waals surface area contributed by atoms with Crippen LogP contribution in [0, 0.1) is 0 Å². The highest BCUT2D eigenvalue weighted by Crippen LogP contribution is 2.26. The lowest BCUT2D eigenvalue weighted by atomic mass is 9.95. The summed E-state index contributed by atoms with van der Waals surface area (Å²) in [4.78, 5) is 12.5. The van der Waals surface area contributed by atoms with Crippen LogP contribution < -0.4 is 15.4 Å². The molecule has 1 amide bonds. The summed E-state index contributed by atoms with van der Waals surface area (Å²) in [5.41, 5.74) is 3.70. The standard InChI is InChI=1S/C21H24N2O3.ClH/c24-19-3-1-2-4-20(19)26-17-8-6-16(7-9-17)23-21(25)15-5-10-18-14(13-15)11-12-22-18;/h5-10,13,19-20,22,24H,1-4,11-12H2,(H,23,25);1H. The van der Waals surface area contributed by atoms with Gasteiger partial charge in [0.05, 0.1) is 6.10 Å². The van der Waals surface area contributed by atoms with E-state index in [1.165, 1.54) is 5.56 Å². The SMILES string of the molecule is Cl.O=C(Nc1ccc(OC2CCCCC2O)cc1)c1ccc2c(c1)CCN2. The van der Waals surface area contributed by atoms with E-state index in [2.05, 4.69) is 10.6 Å². The molecule has 1 aliphatic carbocycles. The summed E-state index contributed by atoms with van der Waals surface area (Å²) < 4.78 is 5.89. The number of fused-ring (bicyclic) bond motifs is 1. The Labute approximate surface area is 165 Å². The molecule has 1 saturated carbocycles. The van der Waals surface area contributed by atoms with Gasteiger partial charge >= 0.3 is 0 Å². The molecule has 2 unspecified atom stereocenters. The van der Waals surface area contributed by atoms with Crippen molar-refractivity contribution in [1.82, 2.24) is 0 Å². The molecule has 6 heteroatoms. The van der Waals surface area contributed by atoms with Crippen LogP contribution in [0.5, 0.6) is 5.75 Å². The number of halogens is 1. The Kier molecular flexibility index (Phi) is 6.24. The first-order valence-electron chi connectivity index (χ1n) is 9.32. The topological polar surface area (TPSA) is 70.6 Å². The molecule has 1 fully saturated rings. The molecule has 2 aromatic carbocycles. The molecule has 0 aromatic heterocycles. The van der Waals surface area contributed by atoms with Crippen LogP contribution in [0.2, 0.25) is 0 Å². The predicted molar refractivity (Wildman–Crippen MR) is 109 cm³/mol. The van der Waals surface area contributed by atoms with Gasteiger partial charge in [0, 0.05) is 23.5 Å². The molecule has 2 aliphatic rings. The molecule has 3 N–H and O–H groups in total. The molecule has 1 aliphatic heterocycles. The van der Waals surface area contributed by atoms with Crippen molar-refractivity contribution in [2.45, 2.75) is 44.3 Å². The largest absolute Gasteiger partial charge is 0.488 e. The molecule has 2 atom stereocenters. The van der Waals surface area contributed by atoms with Crippen LogP contribution in [0.15, 0.2) is 42.5 Å². The van der Waals surface area contributed by atoms with E-state index in [-0.39, 0.29) is 24.4 Å². The van der Waals surface area contributed by atoms with Crippen LogP contribution in [0.1, 0.15) is 41.6 Å². The molecule has 0 spiro atoms. The minimum Gasteiger partial charge on any atom is -0.488 e. The summed E-state index contributed by atoms with van der Waals surface area (Å²) in [6.07, 6.45) is 4.26. The van der Waals surface area contributed by atoms with E-state index in [9.17, 15) is 9.90 Å². The highest BCUT2D eigenvalue weighted by molar-refractivity contribution is 6.04. The number of nitrogens with one attached hydrogen (secondary N) is 2. The maximum atomic E-state index is 12.5. The highest BCUT2D eigenvalue weighted by atomic mass is 35.5. The van der Waals surface area contributed by atoms with Gasteiger partial charge in [-0.1, -0.05) is 6.42 Å². The molecule has 144 valence electrons. The fraction of sp³-hybridized carbons (Fsp3) is 0.381. The number of carbonyl (C=O) groups is 1. The van der Waals surface area contributed by atoms with Gasteiger partial charge in [-0.2, -0.15) is 0 Å². The molecule has 0 radical (unpaired) electrons. The summed E-state index contributed by atoms with van der Waals surface area (Å²) in [7, 11) is 0. The van der Waals surface area contributed by atoms with Crippen molar-refractivity contribution in [2.24, 2.45) is 0 Å². The Hall–Kier alpha value is -2.24. The summed E-state index contributed by atoms with van der Waals surface area (Å²) in [6.45, 7) is 0.928. The van der Waals surface area contributed by atoms with Gasteiger partial charge in [0.25, 0.3) is 5.91 Å². The number of amides is 1. The summed E-state index contributed by atoms with van der Waals surface area (Å²) >= 11 is 0. The average Bonchev–Trinajstić information content (AvgIpc) is 3.13. The second-order valence-electron chi connectivity index (χ2n) is 7.04. The lowest BCUT2D eigenvalue weighted by molar-refractivity contribution is 0.00688. The number of ether oxygens (including phenoxy) is 1. The minimum absolute atomic E-state index is 0. The number of aliphatic hydroxyl groups excluding tert-OH is 1. The Bertz CT molecular complexity index is 795. The van der Waals surface area contributed by atoms with Gasteiger partial charge in [0.2, 0.25) is 0 Å². The summed E-state index contributed by atoms with van der Waals surface area (Å²) in [5.74, 6) is 0.605. The number of aliphatic hydroxyl groups is 1. The van der Waals surface area contributed by atoms with Crippen LogP contribution >= 0.6 is 12.4 Å². The number of hydrogen-bond donors (Lipinski definition) is 3. The monoisotopic (exact) mass is 388 g/mol. The van der Waals surface area contributed by atoms with E-state index in [0.717, 1.165) is 55.8 Å². The van der Waals surface area contributed by atoms with E-state index >= 15 is 0 Å². The fourth-order valence-corrected chi connectivity index (χ4v) is 3.66. The Balaban J connectivity index is 0.00000210. The van der Waals surface area contributed by atoms with Gasteiger partial charge < -0.3 is 20.5 Å². The molecule has 2 aromatic rings. The van der Waals surface area contributed by atoms with Gasteiger partial charge in [-0.05, 0) is 73.7 Å². The number of hydrogen-bond acceptors (Lipinski definition) is 4. The number of carbonyl (C=O) groups excluding carboxylic acids is 1. The van der Waals surface area contributed by atoms with Crippen molar-refractivity contribution >= 4 is 29.7 Å².